The number of piperidine rings is 1. The molecule has 0 spiro atoms. The normalized spacial score (nSPS) is 17.8. The second-order valence-corrected chi connectivity index (χ2v) is 8.42. The van der Waals surface area contributed by atoms with Gasteiger partial charge in [0, 0.05) is 20.2 Å². The average molecular weight is 375 g/mol. The van der Waals surface area contributed by atoms with Crippen LogP contribution < -0.4 is 4.74 Å². The summed E-state index contributed by atoms with van der Waals surface area (Å²) in [5.41, 5.74) is 1.14. The summed E-state index contributed by atoms with van der Waals surface area (Å²) in [7, 11) is -0.187. The fraction of sp³-hybridized carbons (Fsp3) is 0.400. The van der Waals surface area contributed by atoms with Gasteiger partial charge in [-0.3, -0.25) is 0 Å². The third-order valence-electron chi connectivity index (χ3n) is 5.01. The number of hydrogen-bond acceptors (Lipinski definition) is 4. The lowest BCUT2D eigenvalue weighted by Crippen LogP contribution is -2.39. The van der Waals surface area contributed by atoms with Crippen LogP contribution in [0.4, 0.5) is 0 Å². The smallest absolute Gasteiger partial charge is 0.243 e. The van der Waals surface area contributed by atoms with Gasteiger partial charge in [-0.1, -0.05) is 30.3 Å². The van der Waals surface area contributed by atoms with Gasteiger partial charge in [-0.2, -0.15) is 4.31 Å². The molecule has 140 valence electrons. The zero-order valence-corrected chi connectivity index (χ0v) is 16.0. The van der Waals surface area contributed by atoms with Crippen LogP contribution in [-0.4, -0.2) is 40.0 Å². The summed E-state index contributed by atoms with van der Waals surface area (Å²) in [6.07, 6.45) is 1.56. The van der Waals surface area contributed by atoms with Gasteiger partial charge >= 0.3 is 0 Å². The molecule has 1 aliphatic rings. The summed E-state index contributed by atoms with van der Waals surface area (Å²) < 4.78 is 38.1. The number of nitrogens with zero attached hydrogens (tertiary/aromatic N) is 1. The Morgan fingerprint density at radius 2 is 1.58 bits per heavy atom. The molecule has 1 saturated heterocycles. The summed E-state index contributed by atoms with van der Waals surface area (Å²) in [5, 5.41) is 0. The summed E-state index contributed by atoms with van der Waals surface area (Å²) >= 11 is 0. The fourth-order valence-corrected chi connectivity index (χ4v) is 5.03. The maximum absolute atomic E-state index is 12.9. The van der Waals surface area contributed by atoms with Gasteiger partial charge in [0.15, 0.2) is 0 Å². The highest BCUT2D eigenvalue weighted by atomic mass is 32.2. The van der Waals surface area contributed by atoms with Crippen molar-refractivity contribution in [2.45, 2.75) is 23.8 Å². The van der Waals surface area contributed by atoms with Crippen LogP contribution in [0.15, 0.2) is 59.5 Å². The van der Waals surface area contributed by atoms with E-state index in [1.807, 2.05) is 18.2 Å². The van der Waals surface area contributed by atoms with E-state index >= 15 is 0 Å². The SMILES string of the molecule is COc1ccc(S(=O)(=O)N2CCC(C(OC)c3ccccc3)CC2)cc1. The lowest BCUT2D eigenvalue weighted by atomic mass is 9.88. The van der Waals surface area contributed by atoms with E-state index in [-0.39, 0.29) is 6.10 Å². The predicted octanol–water partition coefficient (Wildman–Crippen LogP) is 3.48. The highest BCUT2D eigenvalue weighted by molar-refractivity contribution is 7.89. The van der Waals surface area contributed by atoms with Gasteiger partial charge in [0.2, 0.25) is 10.0 Å². The van der Waals surface area contributed by atoms with Crippen molar-refractivity contribution in [3.05, 3.63) is 60.2 Å². The number of benzene rings is 2. The van der Waals surface area contributed by atoms with Crippen LogP contribution >= 0.6 is 0 Å². The number of methoxy groups -OCH3 is 2. The van der Waals surface area contributed by atoms with Crippen molar-refractivity contribution < 1.29 is 17.9 Å². The molecular weight excluding hydrogens is 350 g/mol. The van der Waals surface area contributed by atoms with Crippen LogP contribution in [0.3, 0.4) is 0 Å². The molecule has 0 N–H and O–H groups in total. The highest BCUT2D eigenvalue weighted by Gasteiger charge is 2.33. The van der Waals surface area contributed by atoms with Gasteiger partial charge in [-0.05, 0) is 48.6 Å². The van der Waals surface area contributed by atoms with Gasteiger partial charge in [0.05, 0.1) is 18.1 Å². The molecule has 0 aliphatic carbocycles. The van der Waals surface area contributed by atoms with Gasteiger partial charge in [0.1, 0.15) is 5.75 Å². The quantitative estimate of drug-likeness (QED) is 0.776. The van der Waals surface area contributed by atoms with Crippen LogP contribution in [-0.2, 0) is 14.8 Å². The Bertz CT molecular complexity index is 797. The lowest BCUT2D eigenvalue weighted by molar-refractivity contribution is 0.0303. The molecule has 1 unspecified atom stereocenters. The molecule has 0 saturated carbocycles. The van der Waals surface area contributed by atoms with Gasteiger partial charge in [0.25, 0.3) is 0 Å². The van der Waals surface area contributed by atoms with E-state index in [0.717, 1.165) is 18.4 Å². The van der Waals surface area contributed by atoms with Crippen molar-refractivity contribution in [1.29, 1.82) is 0 Å². The third-order valence-corrected chi connectivity index (χ3v) is 6.92. The Labute approximate surface area is 155 Å². The monoisotopic (exact) mass is 375 g/mol. The molecule has 1 atom stereocenters. The first kappa shape index (κ1) is 18.9. The molecule has 1 fully saturated rings. The molecule has 26 heavy (non-hydrogen) atoms. The fourth-order valence-electron chi connectivity index (χ4n) is 3.56. The van der Waals surface area contributed by atoms with Gasteiger partial charge in [-0.15, -0.1) is 0 Å². The van der Waals surface area contributed by atoms with E-state index in [1.165, 1.54) is 0 Å². The molecule has 1 aliphatic heterocycles. The van der Waals surface area contributed by atoms with Crippen LogP contribution in [0.2, 0.25) is 0 Å². The second-order valence-electron chi connectivity index (χ2n) is 6.48. The molecule has 5 nitrogen and oxygen atoms in total. The van der Waals surface area contributed by atoms with E-state index in [1.54, 1.807) is 42.8 Å². The summed E-state index contributed by atoms with van der Waals surface area (Å²) in [5.74, 6) is 0.957. The largest absolute Gasteiger partial charge is 0.497 e. The number of rotatable bonds is 6. The maximum atomic E-state index is 12.9. The minimum atomic E-state index is -3.47. The molecular formula is C20H25NO4S. The zero-order valence-electron chi connectivity index (χ0n) is 15.2. The minimum absolute atomic E-state index is 0.00189. The van der Waals surface area contributed by atoms with Crippen molar-refractivity contribution in [3.8, 4) is 5.75 Å². The molecule has 2 aromatic rings. The van der Waals surface area contributed by atoms with E-state index in [0.29, 0.717) is 29.7 Å². The predicted molar refractivity (Wildman–Crippen MR) is 101 cm³/mol. The van der Waals surface area contributed by atoms with Crippen molar-refractivity contribution in [2.75, 3.05) is 27.3 Å². The van der Waals surface area contributed by atoms with Gasteiger partial charge in [-0.25, -0.2) is 8.42 Å². The first-order valence-electron chi connectivity index (χ1n) is 8.78. The maximum Gasteiger partial charge on any atom is 0.243 e. The standard InChI is InChI=1S/C20H25NO4S/c1-24-18-8-10-19(11-9-18)26(22,23)21-14-12-17(13-15-21)20(25-2)16-6-4-3-5-7-16/h3-11,17,20H,12-15H2,1-2H3. The van der Waals surface area contributed by atoms with Crippen molar-refractivity contribution in [3.63, 3.8) is 0 Å². The molecule has 0 aromatic heterocycles. The first-order chi connectivity index (χ1) is 12.6. The Balaban J connectivity index is 1.69. The molecule has 6 heteroatoms. The Morgan fingerprint density at radius 1 is 0.962 bits per heavy atom. The Hall–Kier alpha value is -1.89. The molecule has 3 rings (SSSR count). The van der Waals surface area contributed by atoms with Crippen molar-refractivity contribution in [2.24, 2.45) is 5.92 Å². The second kappa shape index (κ2) is 8.20. The number of sulfonamides is 1. The Morgan fingerprint density at radius 3 is 2.12 bits per heavy atom. The molecule has 0 radical (unpaired) electrons. The molecule has 2 aromatic carbocycles. The van der Waals surface area contributed by atoms with E-state index < -0.39 is 10.0 Å². The molecule has 0 amide bonds. The van der Waals surface area contributed by atoms with E-state index in [2.05, 4.69) is 12.1 Å². The number of hydrogen-bond donors (Lipinski definition) is 0. The van der Waals surface area contributed by atoms with E-state index in [9.17, 15) is 8.42 Å². The van der Waals surface area contributed by atoms with Crippen molar-refractivity contribution >= 4 is 10.0 Å². The molecule has 0 bridgehead atoms. The van der Waals surface area contributed by atoms with Crippen LogP contribution in [0.1, 0.15) is 24.5 Å². The summed E-state index contributed by atoms with van der Waals surface area (Å²) in [6.45, 7) is 1.01. The van der Waals surface area contributed by atoms with Crippen LogP contribution in [0.5, 0.6) is 5.75 Å². The van der Waals surface area contributed by atoms with Crippen LogP contribution in [0, 0.1) is 5.92 Å². The average Bonchev–Trinajstić information content (AvgIpc) is 2.70. The summed E-state index contributed by atoms with van der Waals surface area (Å²) in [4.78, 5) is 0.308. The topological polar surface area (TPSA) is 55.8 Å². The zero-order chi connectivity index (χ0) is 18.6. The van der Waals surface area contributed by atoms with Crippen molar-refractivity contribution in [1.82, 2.24) is 4.31 Å². The van der Waals surface area contributed by atoms with Gasteiger partial charge < -0.3 is 9.47 Å². The summed E-state index contributed by atoms with van der Waals surface area (Å²) in [6, 6.07) is 16.7. The lowest BCUT2D eigenvalue weighted by Gasteiger charge is -2.35. The minimum Gasteiger partial charge on any atom is -0.497 e. The number of ether oxygens (including phenoxy) is 2. The van der Waals surface area contributed by atoms with Crippen LogP contribution in [0.25, 0.3) is 0 Å². The third kappa shape index (κ3) is 3.92. The molecule has 1 heterocycles. The van der Waals surface area contributed by atoms with E-state index in [4.69, 9.17) is 9.47 Å². The first-order valence-corrected chi connectivity index (χ1v) is 10.2. The highest BCUT2D eigenvalue weighted by Crippen LogP contribution is 2.34. The Kier molecular flexibility index (Phi) is 5.96.